The molecule has 0 unspecified atom stereocenters. The predicted octanol–water partition coefficient (Wildman–Crippen LogP) is 7.15. The molecule has 172 valence electrons. The molecule has 0 radical (unpaired) electrons. The van der Waals surface area contributed by atoms with Gasteiger partial charge in [-0.05, 0) is 54.2 Å². The van der Waals surface area contributed by atoms with Crippen molar-refractivity contribution in [2.24, 2.45) is 0 Å². The van der Waals surface area contributed by atoms with Gasteiger partial charge < -0.3 is 9.47 Å². The second kappa shape index (κ2) is 11.5. The molecule has 0 spiro atoms. The molecule has 4 heteroatoms. The van der Waals surface area contributed by atoms with E-state index in [1.54, 1.807) is 48.5 Å². The van der Waals surface area contributed by atoms with Crippen molar-refractivity contribution in [3.8, 4) is 11.5 Å². The molecule has 0 atom stereocenters. The van der Waals surface area contributed by atoms with E-state index in [2.05, 4.69) is 33.8 Å². The highest BCUT2D eigenvalue weighted by molar-refractivity contribution is 5.93. The maximum absolute atomic E-state index is 13.1. The summed E-state index contributed by atoms with van der Waals surface area (Å²) in [6.07, 6.45) is 3.39. The first-order valence-electron chi connectivity index (χ1n) is 11.7. The first-order valence-corrected chi connectivity index (χ1v) is 11.7. The lowest BCUT2D eigenvalue weighted by Gasteiger charge is -2.23. The summed E-state index contributed by atoms with van der Waals surface area (Å²) in [5.41, 5.74) is 3.82. The Kier molecular flexibility index (Phi) is 8.42. The van der Waals surface area contributed by atoms with E-state index in [9.17, 15) is 9.59 Å². The van der Waals surface area contributed by atoms with Crippen molar-refractivity contribution in [2.75, 3.05) is 0 Å². The zero-order valence-corrected chi connectivity index (χ0v) is 19.9. The lowest BCUT2D eigenvalue weighted by atomic mass is 9.90. The van der Waals surface area contributed by atoms with E-state index in [0.29, 0.717) is 29.0 Å². The zero-order chi connectivity index (χ0) is 23.8. The molecule has 0 saturated heterocycles. The van der Waals surface area contributed by atoms with Gasteiger partial charge in [0, 0.05) is 5.56 Å². The molecule has 3 aromatic carbocycles. The van der Waals surface area contributed by atoms with E-state index in [4.69, 9.17) is 9.47 Å². The number of carbonyl (C=O) groups excluding carboxylic acids is 2. The van der Waals surface area contributed by atoms with E-state index in [0.717, 1.165) is 36.0 Å². The van der Waals surface area contributed by atoms with Crippen LogP contribution in [0.4, 0.5) is 0 Å². The Balaban J connectivity index is 2.17. The van der Waals surface area contributed by atoms with Gasteiger partial charge >= 0.3 is 11.9 Å². The number of rotatable bonds is 9. The Hall–Kier alpha value is -3.40. The van der Waals surface area contributed by atoms with Crippen molar-refractivity contribution >= 4 is 11.9 Å². The third kappa shape index (κ3) is 5.89. The van der Waals surface area contributed by atoms with Crippen molar-refractivity contribution in [2.45, 2.75) is 59.3 Å². The van der Waals surface area contributed by atoms with E-state index in [1.807, 2.05) is 12.1 Å². The average molecular weight is 445 g/mol. The van der Waals surface area contributed by atoms with Crippen LogP contribution in [0.15, 0.2) is 66.7 Å². The second-order valence-electron chi connectivity index (χ2n) is 8.43. The van der Waals surface area contributed by atoms with Gasteiger partial charge in [0.2, 0.25) is 0 Å². The van der Waals surface area contributed by atoms with Crippen LogP contribution >= 0.6 is 0 Å². The van der Waals surface area contributed by atoms with E-state index < -0.39 is 11.9 Å². The van der Waals surface area contributed by atoms with Crippen molar-refractivity contribution < 1.29 is 19.1 Å². The fourth-order valence-corrected chi connectivity index (χ4v) is 4.00. The Bertz CT molecular complexity index is 1090. The van der Waals surface area contributed by atoms with Crippen molar-refractivity contribution in [3.05, 3.63) is 94.5 Å². The molecule has 0 fully saturated rings. The second-order valence-corrected chi connectivity index (χ2v) is 8.43. The van der Waals surface area contributed by atoms with Gasteiger partial charge in [-0.3, -0.25) is 0 Å². The summed E-state index contributed by atoms with van der Waals surface area (Å²) >= 11 is 0. The van der Waals surface area contributed by atoms with Gasteiger partial charge in [0.05, 0.1) is 11.1 Å². The summed E-state index contributed by atoms with van der Waals surface area (Å²) in [6, 6.07) is 19.9. The average Bonchev–Trinajstić information content (AvgIpc) is 2.82. The highest BCUT2D eigenvalue weighted by atomic mass is 16.6. The van der Waals surface area contributed by atoms with Crippen LogP contribution in [0.1, 0.15) is 83.9 Å². The molecule has 0 bridgehead atoms. The van der Waals surface area contributed by atoms with Crippen LogP contribution in [0.2, 0.25) is 0 Å². The summed E-state index contributed by atoms with van der Waals surface area (Å²) in [4.78, 5) is 26.1. The number of benzene rings is 3. The Labute approximate surface area is 196 Å². The normalized spacial score (nSPS) is 10.8. The van der Waals surface area contributed by atoms with E-state index in [-0.39, 0.29) is 5.92 Å². The molecular formula is C29H32O4. The molecule has 0 aromatic heterocycles. The summed E-state index contributed by atoms with van der Waals surface area (Å²) < 4.78 is 12.0. The maximum atomic E-state index is 13.1. The third-order valence-electron chi connectivity index (χ3n) is 5.46. The standard InChI is InChI=1S/C29H32O4/c1-5-13-23-19-24(14-6-2)26(32-28(30)21-15-9-7-10-16-21)27(25(23)20(3)4)33-29(31)22-17-11-8-12-18-22/h7-12,15-20H,5-6,13-14H2,1-4H3. The number of carbonyl (C=O) groups is 2. The first-order chi connectivity index (χ1) is 16.0. The summed E-state index contributed by atoms with van der Waals surface area (Å²) in [5.74, 6) is -0.153. The first kappa shape index (κ1) is 24.2. The summed E-state index contributed by atoms with van der Waals surface area (Å²) in [6.45, 7) is 8.34. The number of ether oxygens (including phenoxy) is 2. The van der Waals surface area contributed by atoms with Gasteiger partial charge in [-0.1, -0.05) is 83.0 Å². The van der Waals surface area contributed by atoms with Crippen molar-refractivity contribution in [3.63, 3.8) is 0 Å². The van der Waals surface area contributed by atoms with Crippen molar-refractivity contribution in [1.82, 2.24) is 0 Å². The van der Waals surface area contributed by atoms with Gasteiger partial charge in [0.25, 0.3) is 0 Å². The van der Waals surface area contributed by atoms with E-state index in [1.165, 1.54) is 0 Å². The molecule has 0 amide bonds. The van der Waals surface area contributed by atoms with Crippen LogP contribution in [-0.2, 0) is 12.8 Å². The number of esters is 2. The number of hydrogen-bond acceptors (Lipinski definition) is 4. The van der Waals surface area contributed by atoms with E-state index >= 15 is 0 Å². The molecule has 0 aliphatic carbocycles. The fourth-order valence-electron chi connectivity index (χ4n) is 4.00. The van der Waals surface area contributed by atoms with Crippen LogP contribution in [0.5, 0.6) is 11.5 Å². The van der Waals surface area contributed by atoms with Crippen LogP contribution in [0.3, 0.4) is 0 Å². The molecule has 0 heterocycles. The number of aryl methyl sites for hydroxylation is 2. The maximum Gasteiger partial charge on any atom is 0.343 e. The topological polar surface area (TPSA) is 52.6 Å². The molecular weight excluding hydrogens is 412 g/mol. The molecule has 0 aliphatic heterocycles. The lowest BCUT2D eigenvalue weighted by molar-refractivity contribution is 0.0679. The minimum atomic E-state index is -0.470. The highest BCUT2D eigenvalue weighted by Gasteiger charge is 2.26. The molecule has 33 heavy (non-hydrogen) atoms. The van der Waals surface area contributed by atoms with Crippen LogP contribution in [0.25, 0.3) is 0 Å². The quantitative estimate of drug-likeness (QED) is 0.260. The smallest absolute Gasteiger partial charge is 0.343 e. The fraction of sp³-hybridized carbons (Fsp3) is 0.310. The minimum Gasteiger partial charge on any atom is -0.419 e. The molecule has 0 aliphatic rings. The Morgan fingerprint density at radius 2 is 1.15 bits per heavy atom. The SMILES string of the molecule is CCCc1cc(CCC)c(C(C)C)c(OC(=O)c2ccccc2)c1OC(=O)c1ccccc1. The van der Waals surface area contributed by atoms with Gasteiger partial charge in [0.15, 0.2) is 11.5 Å². The van der Waals surface area contributed by atoms with Crippen LogP contribution in [-0.4, -0.2) is 11.9 Å². The summed E-state index contributed by atoms with van der Waals surface area (Å²) in [7, 11) is 0. The molecule has 4 nitrogen and oxygen atoms in total. The predicted molar refractivity (Wildman–Crippen MR) is 131 cm³/mol. The van der Waals surface area contributed by atoms with Crippen LogP contribution in [0, 0.1) is 0 Å². The Morgan fingerprint density at radius 1 is 0.697 bits per heavy atom. The van der Waals surface area contributed by atoms with Crippen molar-refractivity contribution in [1.29, 1.82) is 0 Å². The molecule has 0 saturated carbocycles. The minimum absolute atomic E-state index is 0.0787. The largest absolute Gasteiger partial charge is 0.419 e. The monoisotopic (exact) mass is 444 g/mol. The van der Waals surface area contributed by atoms with Gasteiger partial charge in [-0.15, -0.1) is 0 Å². The Morgan fingerprint density at radius 3 is 1.61 bits per heavy atom. The highest BCUT2D eigenvalue weighted by Crippen LogP contribution is 2.43. The molecule has 0 N–H and O–H groups in total. The van der Waals surface area contributed by atoms with Gasteiger partial charge in [-0.25, -0.2) is 9.59 Å². The van der Waals surface area contributed by atoms with Gasteiger partial charge in [0.1, 0.15) is 0 Å². The number of hydrogen-bond donors (Lipinski definition) is 0. The molecule has 3 aromatic rings. The lowest BCUT2D eigenvalue weighted by Crippen LogP contribution is -2.17. The van der Waals surface area contributed by atoms with Crippen LogP contribution < -0.4 is 9.47 Å². The third-order valence-corrected chi connectivity index (χ3v) is 5.46. The zero-order valence-electron chi connectivity index (χ0n) is 19.9. The molecule has 3 rings (SSSR count). The van der Waals surface area contributed by atoms with Gasteiger partial charge in [-0.2, -0.15) is 0 Å². The summed E-state index contributed by atoms with van der Waals surface area (Å²) in [5, 5.41) is 0.